The van der Waals surface area contributed by atoms with E-state index in [0.29, 0.717) is 12.1 Å². The molecular weight excluding hydrogens is 218 g/mol. The van der Waals surface area contributed by atoms with E-state index in [9.17, 15) is 4.79 Å². The van der Waals surface area contributed by atoms with Crippen LogP contribution in [-0.2, 0) is 13.6 Å². The molecule has 0 saturated heterocycles. The summed E-state index contributed by atoms with van der Waals surface area (Å²) in [6, 6.07) is 3.66. The van der Waals surface area contributed by atoms with E-state index in [1.165, 1.54) is 0 Å². The van der Waals surface area contributed by atoms with Crippen LogP contribution < -0.4 is 0 Å². The zero-order valence-electron chi connectivity index (χ0n) is 10.2. The van der Waals surface area contributed by atoms with Crippen molar-refractivity contribution in [2.24, 2.45) is 7.05 Å². The number of nitrogens with zero attached hydrogens (tertiary/aromatic N) is 3. The molecule has 2 aromatic heterocycles. The van der Waals surface area contributed by atoms with Crippen LogP contribution in [0, 0.1) is 6.92 Å². The molecule has 2 aromatic rings. The van der Waals surface area contributed by atoms with Gasteiger partial charge < -0.3 is 9.32 Å². The maximum Gasteiger partial charge on any atom is 0.257 e. The van der Waals surface area contributed by atoms with Crippen LogP contribution in [0.15, 0.2) is 29.0 Å². The maximum absolute atomic E-state index is 12.1. The van der Waals surface area contributed by atoms with Crippen LogP contribution in [0.3, 0.4) is 0 Å². The normalized spacial score (nSPS) is 10.5. The highest BCUT2D eigenvalue weighted by Gasteiger charge is 2.17. The predicted octanol–water partition coefficient (Wildman–Crippen LogP) is 1.59. The lowest BCUT2D eigenvalue weighted by Crippen LogP contribution is -2.26. The second-order valence-electron chi connectivity index (χ2n) is 4.01. The first-order valence-electron chi connectivity index (χ1n) is 5.36. The number of hydrogen-bond acceptors (Lipinski definition) is 3. The Morgan fingerprint density at radius 2 is 2.35 bits per heavy atom. The monoisotopic (exact) mass is 233 g/mol. The van der Waals surface area contributed by atoms with Crippen molar-refractivity contribution < 1.29 is 9.21 Å². The molecule has 0 aliphatic heterocycles. The standard InChI is InChI=1S/C12H15N3O2/c1-9-11(7-13-15(9)3)12(16)14(2)8-10-5-4-6-17-10/h4-7H,8H2,1-3H3. The van der Waals surface area contributed by atoms with Crippen molar-refractivity contribution >= 4 is 5.91 Å². The number of carbonyl (C=O) groups is 1. The van der Waals surface area contributed by atoms with Gasteiger partial charge in [-0.25, -0.2) is 0 Å². The minimum absolute atomic E-state index is 0.0491. The average molecular weight is 233 g/mol. The fourth-order valence-electron chi connectivity index (χ4n) is 1.62. The second kappa shape index (κ2) is 4.45. The van der Waals surface area contributed by atoms with Gasteiger partial charge in [-0.1, -0.05) is 0 Å². The predicted molar refractivity (Wildman–Crippen MR) is 62.5 cm³/mol. The molecule has 90 valence electrons. The van der Waals surface area contributed by atoms with Gasteiger partial charge in [-0.2, -0.15) is 5.10 Å². The van der Waals surface area contributed by atoms with E-state index in [2.05, 4.69) is 5.10 Å². The number of aryl methyl sites for hydroxylation is 1. The van der Waals surface area contributed by atoms with E-state index >= 15 is 0 Å². The summed E-state index contributed by atoms with van der Waals surface area (Å²) in [6.07, 6.45) is 3.19. The molecule has 5 nitrogen and oxygen atoms in total. The van der Waals surface area contributed by atoms with E-state index in [4.69, 9.17) is 4.42 Å². The Labute approximate surface area is 99.6 Å². The number of carbonyl (C=O) groups excluding carboxylic acids is 1. The summed E-state index contributed by atoms with van der Waals surface area (Å²) in [7, 11) is 3.57. The van der Waals surface area contributed by atoms with Crippen molar-refractivity contribution in [1.29, 1.82) is 0 Å². The molecule has 0 atom stereocenters. The lowest BCUT2D eigenvalue weighted by molar-refractivity contribution is 0.0774. The van der Waals surface area contributed by atoms with Crippen LogP contribution in [0.4, 0.5) is 0 Å². The molecule has 0 unspecified atom stereocenters. The third-order valence-corrected chi connectivity index (χ3v) is 2.79. The molecule has 2 rings (SSSR count). The zero-order valence-corrected chi connectivity index (χ0v) is 10.2. The fourth-order valence-corrected chi connectivity index (χ4v) is 1.62. The lowest BCUT2D eigenvalue weighted by atomic mass is 10.2. The fraction of sp³-hybridized carbons (Fsp3) is 0.333. The number of aromatic nitrogens is 2. The SMILES string of the molecule is Cc1c(C(=O)N(C)Cc2ccco2)cnn1C. The first-order chi connectivity index (χ1) is 8.09. The van der Waals surface area contributed by atoms with Crippen molar-refractivity contribution in [1.82, 2.24) is 14.7 Å². The molecule has 0 aromatic carbocycles. The van der Waals surface area contributed by atoms with Gasteiger partial charge in [0.2, 0.25) is 0 Å². The van der Waals surface area contributed by atoms with Crippen molar-refractivity contribution in [2.45, 2.75) is 13.5 Å². The molecule has 0 bridgehead atoms. The third kappa shape index (κ3) is 2.22. The van der Waals surface area contributed by atoms with Crippen LogP contribution >= 0.6 is 0 Å². The maximum atomic E-state index is 12.1. The summed E-state index contributed by atoms with van der Waals surface area (Å²) in [5.41, 5.74) is 1.49. The first-order valence-corrected chi connectivity index (χ1v) is 5.36. The molecule has 17 heavy (non-hydrogen) atoms. The van der Waals surface area contributed by atoms with Crippen molar-refractivity contribution in [3.8, 4) is 0 Å². The Hall–Kier alpha value is -2.04. The quantitative estimate of drug-likeness (QED) is 0.809. The number of hydrogen-bond donors (Lipinski definition) is 0. The smallest absolute Gasteiger partial charge is 0.257 e. The van der Waals surface area contributed by atoms with E-state index < -0.39 is 0 Å². The van der Waals surface area contributed by atoms with Gasteiger partial charge in [-0.3, -0.25) is 9.48 Å². The molecule has 2 heterocycles. The van der Waals surface area contributed by atoms with Crippen LogP contribution in [-0.4, -0.2) is 27.6 Å². The molecule has 5 heteroatoms. The van der Waals surface area contributed by atoms with Crippen molar-refractivity contribution in [3.63, 3.8) is 0 Å². The van der Waals surface area contributed by atoms with Crippen LogP contribution in [0.1, 0.15) is 21.8 Å². The summed E-state index contributed by atoms with van der Waals surface area (Å²) < 4.78 is 6.90. The first kappa shape index (κ1) is 11.4. The molecule has 0 radical (unpaired) electrons. The van der Waals surface area contributed by atoms with E-state index in [1.54, 1.807) is 29.1 Å². The summed E-state index contributed by atoms with van der Waals surface area (Å²) in [4.78, 5) is 13.7. The Morgan fingerprint density at radius 1 is 1.59 bits per heavy atom. The second-order valence-corrected chi connectivity index (χ2v) is 4.01. The summed E-state index contributed by atoms with van der Waals surface area (Å²) in [5, 5.41) is 4.06. The zero-order chi connectivity index (χ0) is 12.4. The topological polar surface area (TPSA) is 51.3 Å². The van der Waals surface area contributed by atoms with Gasteiger partial charge in [0.25, 0.3) is 5.91 Å². The number of amides is 1. The molecule has 1 amide bonds. The largest absolute Gasteiger partial charge is 0.467 e. The molecule has 0 fully saturated rings. The van der Waals surface area contributed by atoms with Crippen LogP contribution in [0.2, 0.25) is 0 Å². The minimum Gasteiger partial charge on any atom is -0.467 e. The van der Waals surface area contributed by atoms with Gasteiger partial charge >= 0.3 is 0 Å². The number of furan rings is 1. The van der Waals surface area contributed by atoms with Crippen molar-refractivity contribution in [3.05, 3.63) is 41.6 Å². The molecule has 0 aliphatic rings. The molecule has 0 spiro atoms. The Balaban J connectivity index is 2.12. The lowest BCUT2D eigenvalue weighted by Gasteiger charge is -2.15. The third-order valence-electron chi connectivity index (χ3n) is 2.79. The van der Waals surface area contributed by atoms with E-state index in [1.807, 2.05) is 26.1 Å². The van der Waals surface area contributed by atoms with Gasteiger partial charge in [0.05, 0.1) is 24.6 Å². The van der Waals surface area contributed by atoms with Crippen LogP contribution in [0.25, 0.3) is 0 Å². The Bertz CT molecular complexity index is 514. The Kier molecular flexibility index (Phi) is 2.99. The van der Waals surface area contributed by atoms with Gasteiger partial charge in [0.1, 0.15) is 5.76 Å². The van der Waals surface area contributed by atoms with Gasteiger partial charge in [0, 0.05) is 19.8 Å². The summed E-state index contributed by atoms with van der Waals surface area (Å²) >= 11 is 0. The summed E-state index contributed by atoms with van der Waals surface area (Å²) in [6.45, 7) is 2.33. The van der Waals surface area contributed by atoms with Gasteiger partial charge in [-0.05, 0) is 19.1 Å². The highest BCUT2D eigenvalue weighted by Crippen LogP contribution is 2.11. The van der Waals surface area contributed by atoms with Gasteiger partial charge in [-0.15, -0.1) is 0 Å². The summed E-state index contributed by atoms with van der Waals surface area (Å²) in [5.74, 6) is 0.717. The molecule has 0 aliphatic carbocycles. The Morgan fingerprint density at radius 3 is 2.88 bits per heavy atom. The van der Waals surface area contributed by atoms with Gasteiger partial charge in [0.15, 0.2) is 0 Å². The molecular formula is C12H15N3O2. The average Bonchev–Trinajstić information content (AvgIpc) is 2.90. The molecule has 0 N–H and O–H groups in total. The highest BCUT2D eigenvalue weighted by molar-refractivity contribution is 5.94. The minimum atomic E-state index is -0.0491. The molecule has 0 saturated carbocycles. The van der Waals surface area contributed by atoms with Crippen molar-refractivity contribution in [2.75, 3.05) is 7.05 Å². The highest BCUT2D eigenvalue weighted by atomic mass is 16.3. The van der Waals surface area contributed by atoms with E-state index in [0.717, 1.165) is 11.5 Å². The van der Waals surface area contributed by atoms with Crippen LogP contribution in [0.5, 0.6) is 0 Å². The van der Waals surface area contributed by atoms with E-state index in [-0.39, 0.29) is 5.91 Å². The number of rotatable bonds is 3.